The van der Waals surface area contributed by atoms with E-state index in [1.807, 2.05) is 0 Å². The molecule has 21 heavy (non-hydrogen) atoms. The van der Waals surface area contributed by atoms with Crippen LogP contribution >= 0.6 is 0 Å². The highest BCUT2D eigenvalue weighted by molar-refractivity contribution is 5.95. The van der Waals surface area contributed by atoms with Crippen LogP contribution in [0, 0.1) is 0 Å². The molecule has 0 unspecified atom stereocenters. The number of benzene rings is 3. The molecule has 0 aliphatic carbocycles. The predicted molar refractivity (Wildman–Crippen MR) is 92.4 cm³/mol. The van der Waals surface area contributed by atoms with Crippen LogP contribution in [0.15, 0.2) is 66.7 Å². The van der Waals surface area contributed by atoms with Gasteiger partial charge in [-0.25, -0.2) is 0 Å². The van der Waals surface area contributed by atoms with Gasteiger partial charge in [0.1, 0.15) is 0 Å². The summed E-state index contributed by atoms with van der Waals surface area (Å²) < 4.78 is 0. The summed E-state index contributed by atoms with van der Waals surface area (Å²) >= 11 is 0. The van der Waals surface area contributed by atoms with Crippen LogP contribution in [-0.4, -0.2) is 0 Å². The first-order valence-corrected chi connectivity index (χ1v) is 7.39. The molecule has 0 bridgehead atoms. The molecule has 0 spiro atoms. The van der Waals surface area contributed by atoms with E-state index in [1.54, 1.807) is 0 Å². The maximum atomic E-state index is 3.56. The molecule has 3 aromatic rings. The molecule has 1 N–H and O–H groups in total. The van der Waals surface area contributed by atoms with Gasteiger partial charge in [-0.3, -0.25) is 0 Å². The fourth-order valence-corrected chi connectivity index (χ4v) is 2.55. The number of rotatable bonds is 2. The van der Waals surface area contributed by atoms with Crippen molar-refractivity contribution in [2.24, 2.45) is 0 Å². The highest BCUT2D eigenvalue weighted by atomic mass is 14.9. The molecule has 0 aliphatic rings. The minimum absolute atomic E-state index is 0.163. The van der Waals surface area contributed by atoms with Crippen LogP contribution in [0.4, 0.5) is 11.4 Å². The minimum atomic E-state index is 0.163. The molecule has 0 saturated heterocycles. The summed E-state index contributed by atoms with van der Waals surface area (Å²) in [7, 11) is 0. The first-order valence-electron chi connectivity index (χ1n) is 7.39. The van der Waals surface area contributed by atoms with Gasteiger partial charge in [0.05, 0.1) is 0 Å². The van der Waals surface area contributed by atoms with E-state index in [4.69, 9.17) is 0 Å². The Labute approximate surface area is 126 Å². The smallest absolute Gasteiger partial charge is 0.0463 e. The lowest BCUT2D eigenvalue weighted by Gasteiger charge is -2.20. The fourth-order valence-electron chi connectivity index (χ4n) is 2.55. The average molecular weight is 275 g/mol. The van der Waals surface area contributed by atoms with Crippen LogP contribution in [0.25, 0.3) is 10.8 Å². The zero-order chi connectivity index (χ0) is 14.9. The molecule has 0 aliphatic heterocycles. The monoisotopic (exact) mass is 275 g/mol. The highest BCUT2D eigenvalue weighted by Gasteiger charge is 2.13. The second-order valence-corrected chi connectivity index (χ2v) is 6.48. The largest absolute Gasteiger partial charge is 0.355 e. The number of hydrogen-bond donors (Lipinski definition) is 1. The van der Waals surface area contributed by atoms with Gasteiger partial charge in [0.15, 0.2) is 0 Å². The lowest BCUT2D eigenvalue weighted by Crippen LogP contribution is -2.11. The molecule has 3 rings (SSSR count). The van der Waals surface area contributed by atoms with Crippen LogP contribution in [0.3, 0.4) is 0 Å². The lowest BCUT2D eigenvalue weighted by atomic mass is 9.87. The maximum absolute atomic E-state index is 3.56. The summed E-state index contributed by atoms with van der Waals surface area (Å²) in [4.78, 5) is 0. The van der Waals surface area contributed by atoms with Gasteiger partial charge < -0.3 is 5.32 Å². The van der Waals surface area contributed by atoms with E-state index in [2.05, 4.69) is 92.8 Å². The Morgan fingerprint density at radius 3 is 2.29 bits per heavy atom. The Kier molecular flexibility index (Phi) is 3.42. The van der Waals surface area contributed by atoms with E-state index < -0.39 is 0 Å². The van der Waals surface area contributed by atoms with Gasteiger partial charge in [0.2, 0.25) is 0 Å². The predicted octanol–water partition coefficient (Wildman–Crippen LogP) is 5.88. The summed E-state index contributed by atoms with van der Waals surface area (Å²) in [6.45, 7) is 6.72. The van der Waals surface area contributed by atoms with Crippen molar-refractivity contribution in [3.05, 3.63) is 72.3 Å². The highest BCUT2D eigenvalue weighted by Crippen LogP contribution is 2.29. The molecule has 0 radical (unpaired) electrons. The normalized spacial score (nSPS) is 11.6. The molecular weight excluding hydrogens is 254 g/mol. The zero-order valence-electron chi connectivity index (χ0n) is 12.9. The van der Waals surface area contributed by atoms with Gasteiger partial charge >= 0.3 is 0 Å². The van der Waals surface area contributed by atoms with Crippen molar-refractivity contribution in [3.63, 3.8) is 0 Å². The molecular formula is C20H21N. The van der Waals surface area contributed by atoms with Crippen molar-refractivity contribution < 1.29 is 0 Å². The van der Waals surface area contributed by atoms with Crippen molar-refractivity contribution in [2.45, 2.75) is 26.2 Å². The summed E-state index contributed by atoms with van der Waals surface area (Å²) in [6.07, 6.45) is 0. The van der Waals surface area contributed by atoms with Gasteiger partial charge in [-0.05, 0) is 34.6 Å². The quantitative estimate of drug-likeness (QED) is 0.615. The second-order valence-electron chi connectivity index (χ2n) is 6.48. The Bertz CT molecular complexity index is 761. The van der Waals surface area contributed by atoms with E-state index in [-0.39, 0.29) is 5.41 Å². The molecule has 106 valence electrons. The first-order chi connectivity index (χ1) is 10.0. The molecule has 0 atom stereocenters. The standard InChI is InChI=1S/C20H21N/c1-20(2,3)16-10-7-11-17(14-16)21-19-13-6-9-15-8-4-5-12-18(15)19/h4-14,21H,1-3H3. The Morgan fingerprint density at radius 2 is 1.48 bits per heavy atom. The van der Waals surface area contributed by atoms with E-state index in [0.717, 1.165) is 11.4 Å². The second kappa shape index (κ2) is 5.25. The lowest BCUT2D eigenvalue weighted by molar-refractivity contribution is 0.590. The van der Waals surface area contributed by atoms with Crippen molar-refractivity contribution in [1.29, 1.82) is 0 Å². The number of nitrogens with one attached hydrogen (secondary N) is 1. The van der Waals surface area contributed by atoms with Crippen LogP contribution in [0.5, 0.6) is 0 Å². The summed E-state index contributed by atoms with van der Waals surface area (Å²) in [5.74, 6) is 0. The Hall–Kier alpha value is -2.28. The first kappa shape index (κ1) is 13.7. The van der Waals surface area contributed by atoms with Crippen LogP contribution < -0.4 is 5.32 Å². The molecule has 0 amide bonds. The molecule has 0 aromatic heterocycles. The van der Waals surface area contributed by atoms with Gasteiger partial charge in [0.25, 0.3) is 0 Å². The van der Waals surface area contributed by atoms with Crippen LogP contribution in [0.1, 0.15) is 26.3 Å². The van der Waals surface area contributed by atoms with E-state index in [1.165, 1.54) is 16.3 Å². The minimum Gasteiger partial charge on any atom is -0.355 e. The molecule has 1 nitrogen and oxygen atoms in total. The van der Waals surface area contributed by atoms with Crippen molar-refractivity contribution in [2.75, 3.05) is 5.32 Å². The average Bonchev–Trinajstić information content (AvgIpc) is 2.47. The summed E-state index contributed by atoms with van der Waals surface area (Å²) in [5.41, 5.74) is 3.79. The maximum Gasteiger partial charge on any atom is 0.0463 e. The van der Waals surface area contributed by atoms with Gasteiger partial charge in [-0.15, -0.1) is 0 Å². The van der Waals surface area contributed by atoms with E-state index >= 15 is 0 Å². The van der Waals surface area contributed by atoms with Gasteiger partial charge in [0, 0.05) is 16.8 Å². The molecule has 1 heteroatoms. The Morgan fingerprint density at radius 1 is 0.762 bits per heavy atom. The number of fused-ring (bicyclic) bond motifs is 1. The molecule has 0 heterocycles. The molecule has 0 fully saturated rings. The topological polar surface area (TPSA) is 12.0 Å². The Balaban J connectivity index is 1.99. The van der Waals surface area contributed by atoms with Gasteiger partial charge in [-0.1, -0.05) is 69.3 Å². The number of anilines is 2. The van der Waals surface area contributed by atoms with Crippen molar-refractivity contribution in [1.82, 2.24) is 0 Å². The van der Waals surface area contributed by atoms with E-state index in [0.29, 0.717) is 0 Å². The molecule has 0 saturated carbocycles. The zero-order valence-corrected chi connectivity index (χ0v) is 12.9. The number of hydrogen-bond acceptors (Lipinski definition) is 1. The summed E-state index contributed by atoms with van der Waals surface area (Å²) in [5, 5.41) is 6.07. The summed E-state index contributed by atoms with van der Waals surface area (Å²) in [6, 6.07) is 23.5. The van der Waals surface area contributed by atoms with E-state index in [9.17, 15) is 0 Å². The van der Waals surface area contributed by atoms with Crippen LogP contribution in [0.2, 0.25) is 0 Å². The van der Waals surface area contributed by atoms with Gasteiger partial charge in [-0.2, -0.15) is 0 Å². The third-order valence-corrected chi connectivity index (χ3v) is 3.80. The third kappa shape index (κ3) is 2.92. The fraction of sp³-hybridized carbons (Fsp3) is 0.200. The SMILES string of the molecule is CC(C)(C)c1cccc(Nc2cccc3ccccc23)c1. The molecule has 3 aromatic carbocycles. The van der Waals surface area contributed by atoms with Crippen molar-refractivity contribution in [3.8, 4) is 0 Å². The van der Waals surface area contributed by atoms with Crippen molar-refractivity contribution >= 4 is 22.1 Å². The third-order valence-electron chi connectivity index (χ3n) is 3.80. The van der Waals surface area contributed by atoms with Crippen LogP contribution in [-0.2, 0) is 5.41 Å².